The SMILES string of the molecule is NS(=O)(=O)c1ccc(CNC(=O)c2ncccc2Br)s1. The van der Waals surface area contributed by atoms with Crippen molar-refractivity contribution >= 4 is 43.2 Å². The second kappa shape index (κ2) is 6.00. The van der Waals surface area contributed by atoms with Gasteiger partial charge in [-0.3, -0.25) is 4.79 Å². The van der Waals surface area contributed by atoms with E-state index >= 15 is 0 Å². The number of halogens is 1. The van der Waals surface area contributed by atoms with Gasteiger partial charge in [-0.1, -0.05) is 0 Å². The number of sulfonamides is 1. The molecule has 0 fully saturated rings. The smallest absolute Gasteiger partial charge is 0.271 e. The van der Waals surface area contributed by atoms with Gasteiger partial charge in [0.2, 0.25) is 10.0 Å². The molecule has 6 nitrogen and oxygen atoms in total. The molecule has 3 N–H and O–H groups in total. The second-order valence-corrected chi connectivity index (χ2v) is 7.59. The molecule has 106 valence electrons. The molecule has 20 heavy (non-hydrogen) atoms. The summed E-state index contributed by atoms with van der Waals surface area (Å²) in [6.07, 6.45) is 1.52. The van der Waals surface area contributed by atoms with Crippen LogP contribution in [-0.4, -0.2) is 19.3 Å². The third-order valence-electron chi connectivity index (χ3n) is 2.31. The summed E-state index contributed by atoms with van der Waals surface area (Å²) >= 11 is 4.26. The lowest BCUT2D eigenvalue weighted by Crippen LogP contribution is -2.23. The molecule has 1 amide bonds. The number of carbonyl (C=O) groups excluding carboxylic acids is 1. The van der Waals surface area contributed by atoms with Crippen LogP contribution >= 0.6 is 27.3 Å². The summed E-state index contributed by atoms with van der Waals surface area (Å²) in [4.78, 5) is 16.6. The monoisotopic (exact) mass is 375 g/mol. The zero-order valence-electron chi connectivity index (χ0n) is 10.0. The molecule has 0 saturated carbocycles. The van der Waals surface area contributed by atoms with Crippen LogP contribution in [0.5, 0.6) is 0 Å². The molecule has 2 heterocycles. The number of pyridine rings is 1. The Labute approximate surface area is 128 Å². The van der Waals surface area contributed by atoms with E-state index in [2.05, 4.69) is 26.2 Å². The first kappa shape index (κ1) is 15.1. The standard InChI is InChI=1S/C11H10BrN3O3S2/c12-8-2-1-5-14-10(8)11(16)15-6-7-3-4-9(19-7)20(13,17)18/h1-5H,6H2,(H,15,16)(H2,13,17,18). The van der Waals surface area contributed by atoms with Gasteiger partial charge in [-0.05, 0) is 40.2 Å². The molecule has 0 aliphatic heterocycles. The number of primary sulfonamides is 1. The Hall–Kier alpha value is -1.29. The van der Waals surface area contributed by atoms with Crippen molar-refractivity contribution in [2.45, 2.75) is 10.8 Å². The molecule has 0 saturated heterocycles. The average Bonchev–Trinajstić information content (AvgIpc) is 2.85. The number of thiophene rings is 1. The van der Waals surface area contributed by atoms with Crippen LogP contribution in [0.1, 0.15) is 15.4 Å². The van der Waals surface area contributed by atoms with E-state index in [4.69, 9.17) is 5.14 Å². The van der Waals surface area contributed by atoms with Gasteiger partial charge in [-0.2, -0.15) is 0 Å². The first-order chi connectivity index (χ1) is 9.38. The molecule has 2 aromatic heterocycles. The highest BCUT2D eigenvalue weighted by atomic mass is 79.9. The largest absolute Gasteiger partial charge is 0.346 e. The van der Waals surface area contributed by atoms with Crippen molar-refractivity contribution in [2.24, 2.45) is 5.14 Å². The van der Waals surface area contributed by atoms with Crippen LogP contribution in [0, 0.1) is 0 Å². The van der Waals surface area contributed by atoms with E-state index in [0.717, 1.165) is 11.3 Å². The lowest BCUT2D eigenvalue weighted by atomic mass is 10.3. The number of nitrogens with one attached hydrogen (secondary N) is 1. The summed E-state index contributed by atoms with van der Waals surface area (Å²) in [6.45, 7) is 0.210. The third kappa shape index (κ3) is 3.63. The minimum absolute atomic E-state index is 0.0702. The summed E-state index contributed by atoms with van der Waals surface area (Å²) in [6, 6.07) is 6.45. The van der Waals surface area contributed by atoms with E-state index in [1.165, 1.54) is 12.3 Å². The van der Waals surface area contributed by atoms with Crippen molar-refractivity contribution in [3.8, 4) is 0 Å². The van der Waals surface area contributed by atoms with Gasteiger partial charge in [0, 0.05) is 15.5 Å². The Bertz CT molecular complexity index is 743. The van der Waals surface area contributed by atoms with Crippen molar-refractivity contribution in [2.75, 3.05) is 0 Å². The van der Waals surface area contributed by atoms with Gasteiger partial charge in [0.1, 0.15) is 9.90 Å². The summed E-state index contributed by atoms with van der Waals surface area (Å²) in [7, 11) is -3.69. The number of rotatable bonds is 4. The molecule has 0 radical (unpaired) electrons. The first-order valence-corrected chi connectivity index (χ1v) is 8.54. The lowest BCUT2D eigenvalue weighted by molar-refractivity contribution is 0.0945. The Morgan fingerprint density at radius 2 is 2.15 bits per heavy atom. The summed E-state index contributed by atoms with van der Waals surface area (Å²) in [5.74, 6) is -0.344. The molecule has 9 heteroatoms. The van der Waals surface area contributed by atoms with Gasteiger partial charge in [0.25, 0.3) is 5.91 Å². The van der Waals surface area contributed by atoms with Gasteiger partial charge < -0.3 is 5.32 Å². The Balaban J connectivity index is 2.04. The van der Waals surface area contributed by atoms with Crippen molar-refractivity contribution in [3.63, 3.8) is 0 Å². The normalized spacial score (nSPS) is 11.3. The molecule has 0 aromatic carbocycles. The van der Waals surface area contributed by atoms with E-state index in [-0.39, 0.29) is 22.4 Å². The van der Waals surface area contributed by atoms with Crippen LogP contribution in [-0.2, 0) is 16.6 Å². The van der Waals surface area contributed by atoms with E-state index in [1.807, 2.05) is 0 Å². The van der Waals surface area contributed by atoms with Crippen LogP contribution in [0.4, 0.5) is 0 Å². The molecule has 0 spiro atoms. The van der Waals surface area contributed by atoms with Gasteiger partial charge in [0.15, 0.2) is 0 Å². The number of hydrogen-bond donors (Lipinski definition) is 2. The molecule has 0 aliphatic carbocycles. The maximum Gasteiger partial charge on any atom is 0.271 e. The maximum atomic E-state index is 11.9. The molecule has 0 aliphatic rings. The lowest BCUT2D eigenvalue weighted by Gasteiger charge is -2.04. The molecule has 2 rings (SSSR count). The Morgan fingerprint density at radius 3 is 2.75 bits per heavy atom. The molecule has 0 unspecified atom stereocenters. The quantitative estimate of drug-likeness (QED) is 0.844. The summed E-state index contributed by atoms with van der Waals surface area (Å²) in [5, 5.41) is 7.68. The van der Waals surface area contributed by atoms with Gasteiger partial charge in [0.05, 0.1) is 6.54 Å². The van der Waals surface area contributed by atoms with Crippen LogP contribution in [0.15, 0.2) is 39.1 Å². The summed E-state index contributed by atoms with van der Waals surface area (Å²) in [5.41, 5.74) is 0.274. The van der Waals surface area contributed by atoms with Crippen LogP contribution in [0.25, 0.3) is 0 Å². The van der Waals surface area contributed by atoms with Crippen LogP contribution in [0.3, 0.4) is 0 Å². The number of carbonyl (C=O) groups is 1. The molecule has 2 aromatic rings. The highest BCUT2D eigenvalue weighted by Gasteiger charge is 2.13. The minimum atomic E-state index is -3.69. The summed E-state index contributed by atoms with van der Waals surface area (Å²) < 4.78 is 22.9. The van der Waals surface area contributed by atoms with E-state index < -0.39 is 10.0 Å². The predicted molar refractivity (Wildman–Crippen MR) is 78.8 cm³/mol. The fourth-order valence-electron chi connectivity index (χ4n) is 1.41. The minimum Gasteiger partial charge on any atom is -0.346 e. The highest BCUT2D eigenvalue weighted by Crippen LogP contribution is 2.20. The van der Waals surface area contributed by atoms with Crippen LogP contribution in [0.2, 0.25) is 0 Å². The first-order valence-electron chi connectivity index (χ1n) is 5.38. The van der Waals surface area contributed by atoms with Crippen LogP contribution < -0.4 is 10.5 Å². The number of nitrogens with two attached hydrogens (primary N) is 1. The van der Waals surface area contributed by atoms with E-state index in [1.54, 1.807) is 18.2 Å². The fourth-order valence-corrected chi connectivity index (χ4v) is 3.56. The topological polar surface area (TPSA) is 102 Å². The fraction of sp³-hybridized carbons (Fsp3) is 0.0909. The van der Waals surface area contributed by atoms with Crippen molar-refractivity contribution in [1.82, 2.24) is 10.3 Å². The Morgan fingerprint density at radius 1 is 1.40 bits per heavy atom. The van der Waals surface area contributed by atoms with Gasteiger partial charge in [-0.15, -0.1) is 11.3 Å². The second-order valence-electron chi connectivity index (χ2n) is 3.78. The molecule has 0 atom stereocenters. The zero-order valence-corrected chi connectivity index (χ0v) is 13.3. The van der Waals surface area contributed by atoms with E-state index in [0.29, 0.717) is 9.35 Å². The van der Waals surface area contributed by atoms with Gasteiger partial charge >= 0.3 is 0 Å². The molecule has 0 bridgehead atoms. The maximum absolute atomic E-state index is 11.9. The number of nitrogens with zero attached hydrogens (tertiary/aromatic N) is 1. The van der Waals surface area contributed by atoms with E-state index in [9.17, 15) is 13.2 Å². The predicted octanol–water partition coefficient (Wildman–Crippen LogP) is 1.48. The third-order valence-corrected chi connectivity index (χ3v) is 5.48. The number of aromatic nitrogens is 1. The number of hydrogen-bond acceptors (Lipinski definition) is 5. The van der Waals surface area contributed by atoms with Gasteiger partial charge in [-0.25, -0.2) is 18.5 Å². The number of amides is 1. The molecular weight excluding hydrogens is 366 g/mol. The van der Waals surface area contributed by atoms with Crippen molar-refractivity contribution in [3.05, 3.63) is 45.5 Å². The van der Waals surface area contributed by atoms with Crippen molar-refractivity contribution in [1.29, 1.82) is 0 Å². The Kier molecular flexibility index (Phi) is 4.53. The average molecular weight is 376 g/mol. The molecular formula is C11H10BrN3O3S2. The highest BCUT2D eigenvalue weighted by molar-refractivity contribution is 9.10. The van der Waals surface area contributed by atoms with Crippen molar-refractivity contribution < 1.29 is 13.2 Å². The zero-order chi connectivity index (χ0) is 14.8.